The van der Waals surface area contributed by atoms with E-state index >= 15 is 0 Å². The van der Waals surface area contributed by atoms with E-state index in [4.69, 9.17) is 0 Å². The summed E-state index contributed by atoms with van der Waals surface area (Å²) in [7, 11) is 0. The lowest BCUT2D eigenvalue weighted by Crippen LogP contribution is -2.66. The summed E-state index contributed by atoms with van der Waals surface area (Å²) >= 11 is 0. The molecule has 0 radical (unpaired) electrons. The zero-order valence-corrected chi connectivity index (χ0v) is 21.7. The van der Waals surface area contributed by atoms with E-state index in [-0.39, 0.29) is 10.8 Å². The minimum absolute atomic E-state index is 0.140. The van der Waals surface area contributed by atoms with E-state index in [1.165, 1.54) is 51.4 Å². The molecule has 0 N–H and O–H groups in total. The van der Waals surface area contributed by atoms with E-state index in [0.717, 1.165) is 23.7 Å². The van der Waals surface area contributed by atoms with E-state index < -0.39 is 0 Å². The molecule has 0 bridgehead atoms. The molecule has 4 fully saturated rings. The first-order valence-corrected chi connectivity index (χ1v) is 13.5. The summed E-state index contributed by atoms with van der Waals surface area (Å²) in [5.41, 5.74) is 1.21. The van der Waals surface area contributed by atoms with E-state index in [1.807, 2.05) is 6.08 Å². The van der Waals surface area contributed by atoms with Gasteiger partial charge in [0.25, 0.3) is 0 Å². The van der Waals surface area contributed by atoms with Gasteiger partial charge < -0.3 is 0 Å². The predicted octanol–water partition coefficient (Wildman–Crippen LogP) is 8.09. The van der Waals surface area contributed by atoms with Gasteiger partial charge >= 0.3 is 0 Å². The molecule has 31 heavy (non-hydrogen) atoms. The second-order valence-corrected chi connectivity index (χ2v) is 14.6. The van der Waals surface area contributed by atoms with Crippen molar-refractivity contribution in [3.63, 3.8) is 0 Å². The first-order valence-electron chi connectivity index (χ1n) is 13.5. The van der Waals surface area contributed by atoms with Crippen LogP contribution in [0.5, 0.6) is 0 Å². The van der Waals surface area contributed by atoms with E-state index in [0.29, 0.717) is 33.9 Å². The Morgan fingerprint density at radius 1 is 0.806 bits per heavy atom. The Labute approximate surface area is 192 Å². The average Bonchev–Trinajstić information content (AvgIpc) is 3.04. The van der Waals surface area contributed by atoms with Crippen molar-refractivity contribution in [2.45, 2.75) is 107 Å². The third kappa shape index (κ3) is 2.59. The van der Waals surface area contributed by atoms with Gasteiger partial charge in [0.15, 0.2) is 5.78 Å². The van der Waals surface area contributed by atoms with Crippen molar-refractivity contribution in [3.05, 3.63) is 12.2 Å². The third-order valence-electron chi connectivity index (χ3n) is 13.0. The Morgan fingerprint density at radius 3 is 2.19 bits per heavy atom. The molecule has 0 aromatic heterocycles. The SMILES string of the molecule is CC(C)C1CCC2(C)CCC3(C)C(CCC4C5(C)C(=O)C=CC(C)(C)C5CCC43C)C12. The Bertz CT molecular complexity index is 805. The minimum Gasteiger partial charge on any atom is -0.294 e. The van der Waals surface area contributed by atoms with Crippen LogP contribution in [0.2, 0.25) is 0 Å². The number of allylic oxidation sites excluding steroid dienone is 2. The Balaban J connectivity index is 1.58. The Hall–Kier alpha value is -0.590. The van der Waals surface area contributed by atoms with E-state index in [9.17, 15) is 4.79 Å². The molecule has 9 atom stereocenters. The number of carbonyl (C=O) groups is 1. The van der Waals surface area contributed by atoms with Crippen LogP contribution in [0.15, 0.2) is 12.2 Å². The zero-order valence-electron chi connectivity index (χ0n) is 21.7. The highest BCUT2D eigenvalue weighted by Gasteiger charge is 2.70. The molecule has 0 heterocycles. The van der Waals surface area contributed by atoms with Crippen LogP contribution >= 0.6 is 0 Å². The molecule has 0 aromatic rings. The van der Waals surface area contributed by atoms with Crippen molar-refractivity contribution in [3.8, 4) is 0 Å². The third-order valence-corrected chi connectivity index (χ3v) is 13.0. The fourth-order valence-corrected chi connectivity index (χ4v) is 11.1. The highest BCUT2D eigenvalue weighted by molar-refractivity contribution is 5.96. The maximum Gasteiger partial charge on any atom is 0.161 e. The fourth-order valence-electron chi connectivity index (χ4n) is 11.1. The monoisotopic (exact) mass is 424 g/mol. The van der Waals surface area contributed by atoms with Gasteiger partial charge in [-0.15, -0.1) is 0 Å². The maximum atomic E-state index is 13.6. The van der Waals surface area contributed by atoms with Crippen LogP contribution in [0, 0.1) is 62.6 Å². The molecular formula is C30H48O. The van der Waals surface area contributed by atoms with Gasteiger partial charge in [0.2, 0.25) is 0 Å². The van der Waals surface area contributed by atoms with E-state index in [2.05, 4.69) is 61.5 Å². The smallest absolute Gasteiger partial charge is 0.161 e. The average molecular weight is 425 g/mol. The first kappa shape index (κ1) is 22.2. The molecule has 1 heteroatoms. The molecule has 1 nitrogen and oxygen atoms in total. The summed E-state index contributed by atoms with van der Waals surface area (Å²) in [6, 6.07) is 0. The van der Waals surface area contributed by atoms with Crippen molar-refractivity contribution >= 4 is 5.78 Å². The van der Waals surface area contributed by atoms with Crippen molar-refractivity contribution in [1.29, 1.82) is 0 Å². The standard InChI is InChI=1S/C30H48O/c1-19(2)20-11-15-27(5)17-18-28(6)21(25(20)27)9-10-23-29(28,7)16-12-22-26(3,4)14-13-24(31)30(22,23)8/h13-14,19-23,25H,9-12,15-18H2,1-8H3. The number of rotatable bonds is 1. The lowest BCUT2D eigenvalue weighted by molar-refractivity contribution is -0.223. The summed E-state index contributed by atoms with van der Waals surface area (Å²) in [5, 5.41) is 0. The van der Waals surface area contributed by atoms with Crippen LogP contribution in [0.1, 0.15) is 107 Å². The molecule has 4 saturated carbocycles. The number of carbonyl (C=O) groups excluding carboxylic acids is 1. The first-order chi connectivity index (χ1) is 14.3. The number of fused-ring (bicyclic) bond motifs is 7. The molecule has 5 aliphatic carbocycles. The van der Waals surface area contributed by atoms with Crippen LogP contribution in [-0.4, -0.2) is 5.78 Å². The minimum atomic E-state index is -0.174. The van der Waals surface area contributed by atoms with Crippen LogP contribution < -0.4 is 0 Å². The molecule has 0 aliphatic heterocycles. The molecule has 9 unspecified atom stereocenters. The molecule has 0 spiro atoms. The second kappa shape index (κ2) is 6.50. The van der Waals surface area contributed by atoms with Gasteiger partial charge in [-0.3, -0.25) is 4.79 Å². The van der Waals surface area contributed by atoms with Gasteiger partial charge in [0, 0.05) is 5.41 Å². The summed E-state index contributed by atoms with van der Waals surface area (Å²) in [6.45, 7) is 20.1. The molecular weight excluding hydrogens is 376 g/mol. The fraction of sp³-hybridized carbons (Fsp3) is 0.900. The van der Waals surface area contributed by atoms with Crippen molar-refractivity contribution in [1.82, 2.24) is 0 Å². The van der Waals surface area contributed by atoms with Gasteiger partial charge in [0.1, 0.15) is 0 Å². The van der Waals surface area contributed by atoms with Gasteiger partial charge in [-0.25, -0.2) is 0 Å². The Morgan fingerprint density at radius 2 is 1.52 bits per heavy atom. The van der Waals surface area contributed by atoms with Crippen molar-refractivity contribution in [2.24, 2.45) is 62.6 Å². The number of hydrogen-bond acceptors (Lipinski definition) is 1. The summed E-state index contributed by atoms with van der Waals surface area (Å²) in [5.74, 6) is 4.94. The van der Waals surface area contributed by atoms with Crippen molar-refractivity contribution in [2.75, 3.05) is 0 Å². The summed E-state index contributed by atoms with van der Waals surface area (Å²) in [6.07, 6.45) is 15.1. The van der Waals surface area contributed by atoms with Crippen LogP contribution in [0.4, 0.5) is 0 Å². The van der Waals surface area contributed by atoms with Gasteiger partial charge in [-0.2, -0.15) is 0 Å². The van der Waals surface area contributed by atoms with Crippen molar-refractivity contribution < 1.29 is 4.79 Å². The quantitative estimate of drug-likeness (QED) is 0.415. The summed E-state index contributed by atoms with van der Waals surface area (Å²) in [4.78, 5) is 13.6. The van der Waals surface area contributed by atoms with Gasteiger partial charge in [-0.1, -0.05) is 61.5 Å². The second-order valence-electron chi connectivity index (χ2n) is 14.6. The normalized spacial score (nSPS) is 55.4. The van der Waals surface area contributed by atoms with Crippen LogP contribution in [0.3, 0.4) is 0 Å². The molecule has 0 saturated heterocycles. The highest BCUT2D eigenvalue weighted by Crippen LogP contribution is 2.76. The lowest BCUT2D eigenvalue weighted by atomic mass is 9.32. The molecule has 0 amide bonds. The van der Waals surface area contributed by atoms with E-state index in [1.54, 1.807) is 0 Å². The molecule has 5 aliphatic rings. The van der Waals surface area contributed by atoms with Crippen LogP contribution in [-0.2, 0) is 4.79 Å². The summed E-state index contributed by atoms with van der Waals surface area (Å²) < 4.78 is 0. The number of hydrogen-bond donors (Lipinski definition) is 0. The van der Waals surface area contributed by atoms with Gasteiger partial charge in [-0.05, 0) is 115 Å². The molecule has 0 aromatic carbocycles. The lowest BCUT2D eigenvalue weighted by Gasteiger charge is -2.71. The Kier molecular flexibility index (Phi) is 4.66. The van der Waals surface area contributed by atoms with Gasteiger partial charge in [0.05, 0.1) is 0 Å². The highest BCUT2D eigenvalue weighted by atomic mass is 16.1. The number of ketones is 1. The van der Waals surface area contributed by atoms with Crippen LogP contribution in [0.25, 0.3) is 0 Å². The topological polar surface area (TPSA) is 17.1 Å². The molecule has 174 valence electrons. The maximum absolute atomic E-state index is 13.6. The molecule has 5 rings (SSSR count). The predicted molar refractivity (Wildman–Crippen MR) is 130 cm³/mol. The largest absolute Gasteiger partial charge is 0.294 e. The zero-order chi connectivity index (χ0) is 22.6.